The lowest BCUT2D eigenvalue weighted by Gasteiger charge is -2.19. The Labute approximate surface area is 181 Å². The Morgan fingerprint density at radius 2 is 2.06 bits per heavy atom. The fourth-order valence-electron chi connectivity index (χ4n) is 3.67. The number of benzene rings is 1. The van der Waals surface area contributed by atoms with Crippen LogP contribution in [0.3, 0.4) is 0 Å². The Hall–Kier alpha value is -3.35. The molecule has 0 saturated carbocycles. The summed E-state index contributed by atoms with van der Waals surface area (Å²) in [5.74, 6) is -2.02. The third-order valence-corrected chi connectivity index (χ3v) is 6.29. The zero-order valence-electron chi connectivity index (χ0n) is 16.7. The summed E-state index contributed by atoms with van der Waals surface area (Å²) >= 11 is 0. The van der Waals surface area contributed by atoms with Gasteiger partial charge in [0.15, 0.2) is 11.6 Å². The Morgan fingerprint density at radius 1 is 1.34 bits per heavy atom. The van der Waals surface area contributed by atoms with E-state index < -0.39 is 32.8 Å². The number of aromatic amines is 1. The number of aromatic nitrogens is 2. The van der Waals surface area contributed by atoms with E-state index in [1.54, 1.807) is 17.0 Å². The number of hydrogen-bond donors (Lipinski definition) is 4. The lowest BCUT2D eigenvalue weighted by molar-refractivity contribution is 0.0695. The molecule has 168 valence electrons. The number of fused-ring (bicyclic) bond motifs is 1. The molecule has 1 fully saturated rings. The molecule has 0 amide bonds. The second-order valence-electron chi connectivity index (χ2n) is 7.53. The van der Waals surface area contributed by atoms with E-state index in [-0.39, 0.29) is 27.8 Å². The van der Waals surface area contributed by atoms with Crippen LogP contribution < -0.4 is 20.8 Å². The fourth-order valence-corrected chi connectivity index (χ4v) is 4.19. The van der Waals surface area contributed by atoms with E-state index >= 15 is 0 Å². The van der Waals surface area contributed by atoms with Gasteiger partial charge in [-0.1, -0.05) is 12.1 Å². The maximum Gasteiger partial charge on any atom is 0.341 e. The fraction of sp³-hybridized carbons (Fsp3) is 0.250. The molecule has 5 N–H and O–H groups in total. The number of H-pyrrole nitrogens is 1. The van der Waals surface area contributed by atoms with Crippen LogP contribution in [-0.2, 0) is 16.6 Å². The van der Waals surface area contributed by atoms with Crippen LogP contribution in [0.25, 0.3) is 11.0 Å². The SMILES string of the molecule is NS(=O)(=O)c1ccc(CNC2CCN(c3nc4[nH]cc(C(=O)O)c(=O)c4cc3F)C2)cc1. The number of sulfonamides is 1. The number of nitrogens with one attached hydrogen (secondary N) is 2. The van der Waals surface area contributed by atoms with Gasteiger partial charge >= 0.3 is 5.97 Å². The van der Waals surface area contributed by atoms with Gasteiger partial charge in [-0.3, -0.25) is 4.79 Å². The minimum absolute atomic E-state index is 0.0400. The number of rotatable bonds is 6. The highest BCUT2D eigenvalue weighted by molar-refractivity contribution is 7.89. The summed E-state index contributed by atoms with van der Waals surface area (Å²) in [7, 11) is -3.74. The summed E-state index contributed by atoms with van der Waals surface area (Å²) in [6.07, 6.45) is 1.78. The summed E-state index contributed by atoms with van der Waals surface area (Å²) < 4.78 is 37.4. The third kappa shape index (κ3) is 4.33. The van der Waals surface area contributed by atoms with Gasteiger partial charge in [0.1, 0.15) is 11.2 Å². The van der Waals surface area contributed by atoms with Gasteiger partial charge in [0.25, 0.3) is 0 Å². The van der Waals surface area contributed by atoms with E-state index in [4.69, 9.17) is 10.2 Å². The molecule has 2 aromatic heterocycles. The molecule has 0 spiro atoms. The average molecular weight is 461 g/mol. The molecule has 1 unspecified atom stereocenters. The standard InChI is InChI=1S/C20H20FN5O5S/c21-16-7-14-17(27)15(20(28)29)9-24-18(14)25-19(16)26-6-5-12(10-26)23-8-11-1-3-13(4-2-11)32(22,30)31/h1-4,7,9,12,23H,5-6,8,10H2,(H,28,29)(H2,22,30,31)(H,24,25,27). The summed E-state index contributed by atoms with van der Waals surface area (Å²) in [5.41, 5.74) is -0.284. The maximum absolute atomic E-state index is 14.7. The predicted octanol–water partition coefficient (Wildman–Crippen LogP) is 0.776. The van der Waals surface area contributed by atoms with Gasteiger partial charge < -0.3 is 20.3 Å². The molecule has 4 rings (SSSR count). The first-order valence-electron chi connectivity index (χ1n) is 9.69. The van der Waals surface area contributed by atoms with Crippen molar-refractivity contribution in [3.8, 4) is 0 Å². The Kier molecular flexibility index (Phi) is 5.67. The van der Waals surface area contributed by atoms with E-state index in [1.165, 1.54) is 12.1 Å². The number of pyridine rings is 2. The minimum Gasteiger partial charge on any atom is -0.477 e. The summed E-state index contributed by atoms with van der Waals surface area (Å²) in [6.45, 7) is 1.50. The second-order valence-corrected chi connectivity index (χ2v) is 9.09. The molecule has 0 aliphatic carbocycles. The van der Waals surface area contributed by atoms with E-state index in [9.17, 15) is 22.4 Å². The van der Waals surface area contributed by atoms with Gasteiger partial charge in [0.2, 0.25) is 15.5 Å². The number of halogens is 1. The zero-order valence-corrected chi connectivity index (χ0v) is 17.5. The molecule has 1 atom stereocenters. The van der Waals surface area contributed by atoms with Crippen molar-refractivity contribution in [3.63, 3.8) is 0 Å². The number of carboxylic acids is 1. The van der Waals surface area contributed by atoms with E-state index in [0.717, 1.165) is 24.2 Å². The maximum atomic E-state index is 14.7. The second kappa shape index (κ2) is 8.30. The highest BCUT2D eigenvalue weighted by Crippen LogP contribution is 2.24. The van der Waals surface area contributed by atoms with Gasteiger partial charge in [-0.15, -0.1) is 0 Å². The molecule has 3 aromatic rings. The molecule has 0 radical (unpaired) electrons. The molecule has 3 heterocycles. The quantitative estimate of drug-likeness (QED) is 0.419. The Morgan fingerprint density at radius 3 is 2.72 bits per heavy atom. The molecule has 10 nitrogen and oxygen atoms in total. The van der Waals surface area contributed by atoms with Crippen molar-refractivity contribution in [1.82, 2.24) is 15.3 Å². The number of primary sulfonamides is 1. The van der Waals surface area contributed by atoms with Crippen molar-refractivity contribution >= 4 is 32.8 Å². The van der Waals surface area contributed by atoms with Crippen molar-refractivity contribution in [1.29, 1.82) is 0 Å². The van der Waals surface area contributed by atoms with Crippen molar-refractivity contribution in [2.75, 3.05) is 18.0 Å². The Bertz CT molecular complexity index is 1360. The molecule has 1 aliphatic rings. The van der Waals surface area contributed by atoms with Crippen LogP contribution in [0.2, 0.25) is 0 Å². The average Bonchev–Trinajstić information content (AvgIpc) is 3.21. The number of nitrogens with two attached hydrogens (primary N) is 1. The lowest BCUT2D eigenvalue weighted by Crippen LogP contribution is -2.32. The first-order valence-corrected chi connectivity index (χ1v) is 11.2. The van der Waals surface area contributed by atoms with Crippen molar-refractivity contribution in [2.24, 2.45) is 5.14 Å². The highest BCUT2D eigenvalue weighted by atomic mass is 32.2. The first kappa shape index (κ1) is 21.9. The van der Waals surface area contributed by atoms with Gasteiger partial charge in [0.05, 0.1) is 10.3 Å². The third-order valence-electron chi connectivity index (χ3n) is 5.36. The molecular weight excluding hydrogens is 441 g/mol. The minimum atomic E-state index is -3.74. The summed E-state index contributed by atoms with van der Waals surface area (Å²) in [6, 6.07) is 7.28. The van der Waals surface area contributed by atoms with Gasteiger partial charge in [-0.2, -0.15) is 0 Å². The number of carboxylic acid groups (broad SMARTS) is 1. The number of aromatic carboxylic acids is 1. The van der Waals surface area contributed by atoms with Crippen molar-refractivity contribution in [3.05, 3.63) is 63.7 Å². The molecule has 1 saturated heterocycles. The topological polar surface area (TPSA) is 158 Å². The number of carbonyl (C=O) groups is 1. The van der Waals surface area contributed by atoms with Gasteiger partial charge in [0, 0.05) is 31.9 Å². The largest absolute Gasteiger partial charge is 0.477 e. The normalized spacial score (nSPS) is 16.6. The van der Waals surface area contributed by atoms with Crippen LogP contribution >= 0.6 is 0 Å². The molecular formula is C20H20FN5O5S. The van der Waals surface area contributed by atoms with Crippen LogP contribution in [0.4, 0.5) is 10.2 Å². The van der Waals surface area contributed by atoms with Crippen LogP contribution in [0.5, 0.6) is 0 Å². The molecule has 1 aromatic carbocycles. The molecule has 12 heteroatoms. The summed E-state index contributed by atoms with van der Waals surface area (Å²) in [4.78, 5) is 32.0. The van der Waals surface area contributed by atoms with Gasteiger partial charge in [-0.05, 0) is 30.2 Å². The predicted molar refractivity (Wildman–Crippen MR) is 115 cm³/mol. The van der Waals surface area contributed by atoms with E-state index in [1.807, 2.05) is 0 Å². The number of hydrogen-bond acceptors (Lipinski definition) is 7. The highest BCUT2D eigenvalue weighted by Gasteiger charge is 2.26. The number of nitrogens with zero attached hydrogens (tertiary/aromatic N) is 2. The van der Waals surface area contributed by atoms with Crippen LogP contribution in [-0.4, -0.2) is 48.6 Å². The van der Waals surface area contributed by atoms with E-state index in [0.29, 0.717) is 19.6 Å². The van der Waals surface area contributed by atoms with E-state index in [2.05, 4.69) is 15.3 Å². The van der Waals surface area contributed by atoms with Crippen LogP contribution in [0.1, 0.15) is 22.3 Å². The molecule has 1 aliphatic heterocycles. The first-order chi connectivity index (χ1) is 15.1. The molecule has 0 bridgehead atoms. The van der Waals surface area contributed by atoms with Crippen LogP contribution in [0, 0.1) is 5.82 Å². The van der Waals surface area contributed by atoms with Gasteiger partial charge in [-0.25, -0.2) is 27.7 Å². The van der Waals surface area contributed by atoms with Crippen molar-refractivity contribution in [2.45, 2.75) is 23.9 Å². The van der Waals surface area contributed by atoms with Crippen LogP contribution in [0.15, 0.2) is 46.2 Å². The Balaban J connectivity index is 1.46. The van der Waals surface area contributed by atoms with Crippen molar-refractivity contribution < 1.29 is 22.7 Å². The molecule has 32 heavy (non-hydrogen) atoms. The monoisotopic (exact) mass is 461 g/mol. The smallest absolute Gasteiger partial charge is 0.341 e. The zero-order chi connectivity index (χ0) is 23.0. The number of anilines is 1. The summed E-state index contributed by atoms with van der Waals surface area (Å²) in [5, 5.41) is 17.4. The lowest BCUT2D eigenvalue weighted by atomic mass is 10.2.